The summed E-state index contributed by atoms with van der Waals surface area (Å²) in [5, 5.41) is 7.51. The van der Waals surface area contributed by atoms with E-state index < -0.39 is 10.0 Å². The highest BCUT2D eigenvalue weighted by molar-refractivity contribution is 7.89. The second-order valence-corrected chi connectivity index (χ2v) is 8.43. The van der Waals surface area contributed by atoms with Crippen LogP contribution in [0, 0.1) is 17.3 Å². The number of nitrogens with two attached hydrogens (primary N) is 1. The predicted molar refractivity (Wildman–Crippen MR) is 75.9 cm³/mol. The first-order chi connectivity index (χ1) is 8.57. The van der Waals surface area contributed by atoms with Gasteiger partial charge in [0.25, 0.3) is 0 Å². The van der Waals surface area contributed by atoms with Crippen molar-refractivity contribution in [2.24, 2.45) is 22.4 Å². The molecule has 3 N–H and O–H groups in total. The topological polar surface area (TPSA) is 89.3 Å². The first-order valence-electron chi connectivity index (χ1n) is 6.84. The maximum Gasteiger partial charge on any atom is 0.220 e. The van der Waals surface area contributed by atoms with E-state index in [9.17, 15) is 13.2 Å². The van der Waals surface area contributed by atoms with Crippen LogP contribution in [0.25, 0.3) is 0 Å². The van der Waals surface area contributed by atoms with Crippen LogP contribution in [0.4, 0.5) is 0 Å². The van der Waals surface area contributed by atoms with Crippen molar-refractivity contribution < 1.29 is 13.2 Å². The molecule has 0 unspecified atom stereocenters. The second kappa shape index (κ2) is 6.22. The van der Waals surface area contributed by atoms with Crippen molar-refractivity contribution in [3.05, 3.63) is 0 Å². The molecule has 1 amide bonds. The first-order valence-corrected chi connectivity index (χ1v) is 8.56. The van der Waals surface area contributed by atoms with Crippen LogP contribution >= 0.6 is 0 Å². The van der Waals surface area contributed by atoms with E-state index >= 15 is 0 Å². The van der Waals surface area contributed by atoms with Crippen molar-refractivity contribution in [2.75, 3.05) is 12.3 Å². The van der Waals surface area contributed by atoms with E-state index in [4.69, 9.17) is 5.14 Å². The van der Waals surface area contributed by atoms with Gasteiger partial charge in [0, 0.05) is 13.0 Å². The summed E-state index contributed by atoms with van der Waals surface area (Å²) in [6.45, 7) is 6.82. The lowest BCUT2D eigenvalue weighted by Gasteiger charge is -2.38. The minimum Gasteiger partial charge on any atom is -0.355 e. The number of hydrogen-bond donors (Lipinski definition) is 2. The molecule has 0 radical (unpaired) electrons. The van der Waals surface area contributed by atoms with Gasteiger partial charge in [-0.3, -0.25) is 4.79 Å². The Hall–Kier alpha value is -0.620. The molecule has 19 heavy (non-hydrogen) atoms. The van der Waals surface area contributed by atoms with Crippen LogP contribution in [-0.4, -0.2) is 26.6 Å². The summed E-state index contributed by atoms with van der Waals surface area (Å²) in [6.07, 6.45) is 3.82. The molecule has 1 aliphatic rings. The Labute approximate surface area is 116 Å². The Kier molecular flexibility index (Phi) is 5.38. The highest BCUT2D eigenvalue weighted by Crippen LogP contribution is 2.42. The normalized spacial score (nSPS) is 26.9. The molecule has 6 heteroatoms. The molecule has 0 aromatic carbocycles. The Morgan fingerprint density at radius 3 is 2.53 bits per heavy atom. The zero-order valence-corrected chi connectivity index (χ0v) is 12.9. The van der Waals surface area contributed by atoms with Crippen LogP contribution in [0.5, 0.6) is 0 Å². The summed E-state index contributed by atoms with van der Waals surface area (Å²) in [6, 6.07) is 0. The van der Waals surface area contributed by atoms with E-state index in [1.165, 1.54) is 6.42 Å². The van der Waals surface area contributed by atoms with Crippen molar-refractivity contribution in [1.29, 1.82) is 0 Å². The molecule has 0 spiro atoms. The van der Waals surface area contributed by atoms with Crippen molar-refractivity contribution in [3.8, 4) is 0 Å². The summed E-state index contributed by atoms with van der Waals surface area (Å²) in [5.74, 6) is 0.767. The number of primary sulfonamides is 1. The average Bonchev–Trinajstić information content (AvgIpc) is 2.10. The second-order valence-electron chi connectivity index (χ2n) is 6.70. The smallest absolute Gasteiger partial charge is 0.220 e. The molecule has 0 saturated heterocycles. The molecule has 1 aliphatic carbocycles. The van der Waals surface area contributed by atoms with E-state index in [1.807, 2.05) is 0 Å². The fourth-order valence-electron chi connectivity index (χ4n) is 3.37. The van der Waals surface area contributed by atoms with Crippen LogP contribution in [0.15, 0.2) is 0 Å². The SMILES string of the molecule is C[C@H]1C[C@H](CC(=O)NCCS(N)(=O)=O)CC(C)(C)C1. The van der Waals surface area contributed by atoms with E-state index in [1.54, 1.807) is 0 Å². The van der Waals surface area contributed by atoms with Crippen LogP contribution < -0.4 is 10.5 Å². The van der Waals surface area contributed by atoms with Gasteiger partial charge in [0.05, 0.1) is 5.75 Å². The van der Waals surface area contributed by atoms with Gasteiger partial charge in [0.15, 0.2) is 0 Å². The summed E-state index contributed by atoms with van der Waals surface area (Å²) >= 11 is 0. The number of hydrogen-bond acceptors (Lipinski definition) is 3. The van der Waals surface area contributed by atoms with Gasteiger partial charge in [0.1, 0.15) is 0 Å². The highest BCUT2D eigenvalue weighted by Gasteiger charge is 2.32. The fourth-order valence-corrected chi connectivity index (χ4v) is 3.75. The highest BCUT2D eigenvalue weighted by atomic mass is 32.2. The summed E-state index contributed by atoms with van der Waals surface area (Å²) < 4.78 is 21.5. The lowest BCUT2D eigenvalue weighted by Crippen LogP contribution is -2.35. The number of sulfonamides is 1. The minimum absolute atomic E-state index is 0.0708. The molecule has 0 bridgehead atoms. The van der Waals surface area contributed by atoms with Crippen LogP contribution in [0.1, 0.15) is 46.5 Å². The molecule has 2 atom stereocenters. The molecule has 0 heterocycles. The predicted octanol–water partition coefficient (Wildman–Crippen LogP) is 1.24. The van der Waals surface area contributed by atoms with Crippen molar-refractivity contribution >= 4 is 15.9 Å². The summed E-state index contributed by atoms with van der Waals surface area (Å²) in [4.78, 5) is 11.8. The van der Waals surface area contributed by atoms with Gasteiger partial charge < -0.3 is 5.32 Å². The minimum atomic E-state index is -3.49. The number of carbonyl (C=O) groups is 1. The molecule has 1 saturated carbocycles. The molecular formula is C13H26N2O3S. The maximum absolute atomic E-state index is 11.8. The first kappa shape index (κ1) is 16.4. The van der Waals surface area contributed by atoms with Crippen molar-refractivity contribution in [3.63, 3.8) is 0 Å². The Bertz CT molecular complexity index is 418. The molecular weight excluding hydrogens is 264 g/mol. The van der Waals surface area contributed by atoms with Gasteiger partial charge in [-0.15, -0.1) is 0 Å². The van der Waals surface area contributed by atoms with E-state index in [0.717, 1.165) is 12.8 Å². The van der Waals surface area contributed by atoms with Crippen LogP contribution in [0.2, 0.25) is 0 Å². The zero-order valence-electron chi connectivity index (χ0n) is 12.1. The lowest BCUT2D eigenvalue weighted by atomic mass is 9.67. The number of amides is 1. The average molecular weight is 290 g/mol. The maximum atomic E-state index is 11.8. The van der Waals surface area contributed by atoms with Gasteiger partial charge >= 0.3 is 0 Å². The van der Waals surface area contributed by atoms with Crippen molar-refractivity contribution in [1.82, 2.24) is 5.32 Å². The number of nitrogens with one attached hydrogen (secondary N) is 1. The molecule has 1 fully saturated rings. The van der Waals surface area contributed by atoms with E-state index in [-0.39, 0.29) is 18.2 Å². The largest absolute Gasteiger partial charge is 0.355 e. The summed E-state index contributed by atoms with van der Waals surface area (Å²) in [5.41, 5.74) is 0.295. The van der Waals surface area contributed by atoms with Gasteiger partial charge in [-0.25, -0.2) is 13.6 Å². The standard InChI is InChI=1S/C13H26N2O3S/c1-10-6-11(9-13(2,3)8-10)7-12(16)15-4-5-19(14,17)18/h10-11H,4-9H2,1-3H3,(H,15,16)(H2,14,17,18)/t10-,11+/m0/s1. The monoisotopic (exact) mass is 290 g/mol. The number of carbonyl (C=O) groups excluding carboxylic acids is 1. The summed E-state index contributed by atoms with van der Waals surface area (Å²) in [7, 11) is -3.49. The Morgan fingerprint density at radius 1 is 1.37 bits per heavy atom. The molecule has 112 valence electrons. The quantitative estimate of drug-likeness (QED) is 0.798. The van der Waals surface area contributed by atoms with Crippen molar-refractivity contribution in [2.45, 2.75) is 46.5 Å². The Morgan fingerprint density at radius 2 is 2.00 bits per heavy atom. The Balaban J connectivity index is 2.36. The third-order valence-electron chi connectivity index (χ3n) is 3.66. The lowest BCUT2D eigenvalue weighted by molar-refractivity contribution is -0.122. The molecule has 1 rings (SSSR count). The third-order valence-corrected chi connectivity index (χ3v) is 4.43. The van der Waals surface area contributed by atoms with Gasteiger partial charge in [-0.05, 0) is 36.5 Å². The molecule has 0 aromatic rings. The molecule has 0 aliphatic heterocycles. The number of rotatable bonds is 5. The van der Waals surface area contributed by atoms with E-state index in [0.29, 0.717) is 23.7 Å². The third kappa shape index (κ3) is 6.92. The van der Waals surface area contributed by atoms with E-state index in [2.05, 4.69) is 26.1 Å². The van der Waals surface area contributed by atoms with Gasteiger partial charge in [0.2, 0.25) is 15.9 Å². The van der Waals surface area contributed by atoms with Crippen LogP contribution in [0.3, 0.4) is 0 Å². The zero-order chi connectivity index (χ0) is 14.7. The fraction of sp³-hybridized carbons (Fsp3) is 0.923. The van der Waals surface area contributed by atoms with Crippen LogP contribution in [-0.2, 0) is 14.8 Å². The molecule has 5 nitrogen and oxygen atoms in total. The van der Waals surface area contributed by atoms with Gasteiger partial charge in [-0.2, -0.15) is 0 Å². The van der Waals surface area contributed by atoms with Gasteiger partial charge in [-0.1, -0.05) is 20.8 Å². The molecule has 0 aromatic heterocycles.